The molecule has 0 saturated heterocycles. The van der Waals surface area contributed by atoms with E-state index in [1.807, 2.05) is 48.5 Å². The van der Waals surface area contributed by atoms with Crippen LogP contribution in [0.1, 0.15) is 29.9 Å². The lowest BCUT2D eigenvalue weighted by molar-refractivity contribution is 0.0946. The van der Waals surface area contributed by atoms with Gasteiger partial charge in [-0.25, -0.2) is 0 Å². The van der Waals surface area contributed by atoms with Crippen molar-refractivity contribution in [3.8, 4) is 0 Å². The fraction of sp³-hybridized carbons (Fsp3) is 0.217. The lowest BCUT2D eigenvalue weighted by atomic mass is 10.2. The molecule has 1 amide bonds. The van der Waals surface area contributed by atoms with Crippen LogP contribution < -0.4 is 15.5 Å². The maximum Gasteiger partial charge on any atom is 0.270 e. The number of amides is 1. The van der Waals surface area contributed by atoms with Crippen molar-refractivity contribution in [2.24, 2.45) is 0 Å². The van der Waals surface area contributed by atoms with E-state index in [1.54, 1.807) is 12.3 Å². The molecule has 0 bridgehead atoms. The van der Waals surface area contributed by atoms with Crippen molar-refractivity contribution in [3.05, 3.63) is 84.2 Å². The van der Waals surface area contributed by atoms with Crippen molar-refractivity contribution in [1.29, 1.82) is 0 Å². The summed E-state index contributed by atoms with van der Waals surface area (Å²) in [6.45, 7) is 6.74. The highest BCUT2D eigenvalue weighted by atomic mass is 16.1. The molecule has 0 unspecified atom stereocenters. The first kappa shape index (κ1) is 19.4. The Morgan fingerprint density at radius 2 is 1.64 bits per heavy atom. The molecule has 0 fully saturated rings. The zero-order valence-corrected chi connectivity index (χ0v) is 16.4. The zero-order valence-electron chi connectivity index (χ0n) is 16.4. The molecule has 0 aliphatic rings. The highest BCUT2D eigenvalue weighted by Gasteiger charge is 2.08. The normalized spacial score (nSPS) is 10.4. The number of nitrogens with zero attached hydrogens (tertiary/aromatic N) is 2. The summed E-state index contributed by atoms with van der Waals surface area (Å²) in [5.41, 5.74) is 4.44. The standard InChI is InChI=1S/C23H26N4O/c1-3-27(4-2)21-12-10-19(11-13-21)26-20-14-15-24-22(16-20)23(28)25-17-18-8-6-5-7-9-18/h5-16H,3-4,17H2,1-2H3,(H,24,26)(H,25,28). The Hall–Kier alpha value is -3.34. The molecular formula is C23H26N4O. The lowest BCUT2D eigenvalue weighted by Crippen LogP contribution is -2.23. The Morgan fingerprint density at radius 3 is 2.32 bits per heavy atom. The van der Waals surface area contributed by atoms with Crippen LogP contribution >= 0.6 is 0 Å². The minimum atomic E-state index is -0.190. The molecule has 28 heavy (non-hydrogen) atoms. The highest BCUT2D eigenvalue weighted by Crippen LogP contribution is 2.21. The molecule has 1 heterocycles. The largest absolute Gasteiger partial charge is 0.372 e. The quantitative estimate of drug-likeness (QED) is 0.605. The molecule has 3 rings (SSSR count). The molecule has 0 saturated carbocycles. The van der Waals surface area contributed by atoms with E-state index in [0.29, 0.717) is 12.2 Å². The van der Waals surface area contributed by atoms with E-state index >= 15 is 0 Å². The smallest absolute Gasteiger partial charge is 0.270 e. The monoisotopic (exact) mass is 374 g/mol. The Morgan fingerprint density at radius 1 is 0.929 bits per heavy atom. The van der Waals surface area contributed by atoms with Gasteiger partial charge in [-0.1, -0.05) is 30.3 Å². The number of rotatable bonds is 8. The van der Waals surface area contributed by atoms with E-state index < -0.39 is 0 Å². The number of aromatic nitrogens is 1. The fourth-order valence-corrected chi connectivity index (χ4v) is 3.01. The molecule has 5 nitrogen and oxygen atoms in total. The minimum Gasteiger partial charge on any atom is -0.372 e. The van der Waals surface area contributed by atoms with Gasteiger partial charge in [0.15, 0.2) is 0 Å². The van der Waals surface area contributed by atoms with Crippen LogP contribution in [0.4, 0.5) is 17.1 Å². The number of hydrogen-bond donors (Lipinski definition) is 2. The number of pyridine rings is 1. The molecule has 5 heteroatoms. The first-order chi connectivity index (χ1) is 13.7. The molecular weight excluding hydrogens is 348 g/mol. The minimum absolute atomic E-state index is 0.190. The average Bonchev–Trinajstić information content (AvgIpc) is 2.75. The van der Waals surface area contributed by atoms with Crippen LogP contribution in [0, 0.1) is 0 Å². The molecule has 0 aliphatic heterocycles. The van der Waals surface area contributed by atoms with Crippen molar-refractivity contribution in [3.63, 3.8) is 0 Å². The van der Waals surface area contributed by atoms with Crippen molar-refractivity contribution in [1.82, 2.24) is 10.3 Å². The molecule has 0 radical (unpaired) electrons. The second-order valence-electron chi connectivity index (χ2n) is 6.44. The van der Waals surface area contributed by atoms with Gasteiger partial charge < -0.3 is 15.5 Å². The maximum atomic E-state index is 12.4. The summed E-state index contributed by atoms with van der Waals surface area (Å²) in [5.74, 6) is -0.190. The summed E-state index contributed by atoms with van der Waals surface area (Å²) < 4.78 is 0. The molecule has 0 aliphatic carbocycles. The number of benzene rings is 2. The van der Waals surface area contributed by atoms with Gasteiger partial charge in [-0.2, -0.15) is 0 Å². The van der Waals surface area contributed by atoms with E-state index in [2.05, 4.69) is 46.5 Å². The molecule has 2 N–H and O–H groups in total. The third-order valence-corrected chi connectivity index (χ3v) is 4.57. The van der Waals surface area contributed by atoms with Crippen LogP contribution in [-0.2, 0) is 6.54 Å². The van der Waals surface area contributed by atoms with Gasteiger partial charge in [0.05, 0.1) is 0 Å². The summed E-state index contributed by atoms with van der Waals surface area (Å²) >= 11 is 0. The van der Waals surface area contributed by atoms with Crippen molar-refractivity contribution >= 4 is 23.0 Å². The summed E-state index contributed by atoms with van der Waals surface area (Å²) in [7, 11) is 0. The Kier molecular flexibility index (Phi) is 6.63. The molecule has 0 atom stereocenters. The second-order valence-corrected chi connectivity index (χ2v) is 6.44. The van der Waals surface area contributed by atoms with Crippen LogP contribution in [0.2, 0.25) is 0 Å². The van der Waals surface area contributed by atoms with Crippen molar-refractivity contribution in [2.45, 2.75) is 20.4 Å². The molecule has 1 aromatic heterocycles. The SMILES string of the molecule is CCN(CC)c1ccc(Nc2ccnc(C(=O)NCc3ccccc3)c2)cc1. The Labute approximate surface area is 166 Å². The number of carbonyl (C=O) groups is 1. The summed E-state index contributed by atoms with van der Waals surface area (Å²) in [6, 6.07) is 21.7. The van der Waals surface area contributed by atoms with Gasteiger partial charge in [0.2, 0.25) is 0 Å². The first-order valence-electron chi connectivity index (χ1n) is 9.59. The fourth-order valence-electron chi connectivity index (χ4n) is 3.01. The van der Waals surface area contributed by atoms with Crippen molar-refractivity contribution in [2.75, 3.05) is 23.3 Å². The number of carbonyl (C=O) groups excluding carboxylic acids is 1. The number of anilines is 3. The predicted octanol–water partition coefficient (Wildman–Crippen LogP) is 4.60. The van der Waals surface area contributed by atoms with Gasteiger partial charge >= 0.3 is 0 Å². The van der Waals surface area contributed by atoms with Crippen molar-refractivity contribution < 1.29 is 4.79 Å². The van der Waals surface area contributed by atoms with Gasteiger partial charge in [-0.3, -0.25) is 9.78 Å². The predicted molar refractivity (Wildman–Crippen MR) is 115 cm³/mol. The van der Waals surface area contributed by atoms with Gasteiger partial charge in [0.1, 0.15) is 5.69 Å². The van der Waals surface area contributed by atoms with Crippen LogP contribution in [0.15, 0.2) is 72.9 Å². The van der Waals surface area contributed by atoms with Crippen LogP contribution in [0.5, 0.6) is 0 Å². The van der Waals surface area contributed by atoms with Crippen LogP contribution in [0.3, 0.4) is 0 Å². The van der Waals surface area contributed by atoms with Crippen LogP contribution in [0.25, 0.3) is 0 Å². The van der Waals surface area contributed by atoms with Gasteiger partial charge in [-0.05, 0) is 55.8 Å². The maximum absolute atomic E-state index is 12.4. The molecule has 144 valence electrons. The topological polar surface area (TPSA) is 57.3 Å². The first-order valence-corrected chi connectivity index (χ1v) is 9.59. The number of hydrogen-bond acceptors (Lipinski definition) is 4. The average molecular weight is 374 g/mol. The van der Waals surface area contributed by atoms with E-state index in [4.69, 9.17) is 0 Å². The summed E-state index contributed by atoms with van der Waals surface area (Å²) in [6.07, 6.45) is 1.64. The van der Waals surface area contributed by atoms with Gasteiger partial charge in [-0.15, -0.1) is 0 Å². The lowest BCUT2D eigenvalue weighted by Gasteiger charge is -2.21. The molecule has 2 aromatic carbocycles. The van der Waals surface area contributed by atoms with Gasteiger partial charge in [0, 0.05) is 42.9 Å². The molecule has 0 spiro atoms. The third-order valence-electron chi connectivity index (χ3n) is 4.57. The summed E-state index contributed by atoms with van der Waals surface area (Å²) in [4.78, 5) is 18.9. The Balaban J connectivity index is 1.63. The van der Waals surface area contributed by atoms with Gasteiger partial charge in [0.25, 0.3) is 5.91 Å². The molecule has 3 aromatic rings. The van der Waals surface area contributed by atoms with E-state index in [1.165, 1.54) is 5.69 Å². The van der Waals surface area contributed by atoms with E-state index in [9.17, 15) is 4.79 Å². The van der Waals surface area contributed by atoms with E-state index in [0.717, 1.165) is 30.0 Å². The Bertz CT molecular complexity index is 890. The summed E-state index contributed by atoms with van der Waals surface area (Å²) in [5, 5.41) is 6.24. The third kappa shape index (κ3) is 5.10. The zero-order chi connectivity index (χ0) is 19.8. The second kappa shape index (κ2) is 9.55. The number of nitrogens with one attached hydrogen (secondary N) is 2. The van der Waals surface area contributed by atoms with E-state index in [-0.39, 0.29) is 5.91 Å². The van der Waals surface area contributed by atoms with Crippen LogP contribution in [-0.4, -0.2) is 24.0 Å². The highest BCUT2D eigenvalue weighted by molar-refractivity contribution is 5.93.